The van der Waals surface area contributed by atoms with E-state index in [9.17, 15) is 9.59 Å². The molecule has 4 aromatic heterocycles. The number of carbonyl (C=O) groups excluding carboxylic acids is 1. The predicted molar refractivity (Wildman–Crippen MR) is 125 cm³/mol. The molecule has 33 heavy (non-hydrogen) atoms. The van der Waals surface area contributed by atoms with E-state index in [4.69, 9.17) is 19.1 Å². The number of pyridine rings is 1. The maximum atomic E-state index is 13.4. The van der Waals surface area contributed by atoms with Crippen molar-refractivity contribution in [3.8, 4) is 0 Å². The highest BCUT2D eigenvalue weighted by Gasteiger charge is 2.16. The molecule has 4 heterocycles. The molecular weight excluding hydrogens is 440 g/mol. The van der Waals surface area contributed by atoms with Crippen molar-refractivity contribution in [3.05, 3.63) is 94.1 Å². The highest BCUT2D eigenvalue weighted by Crippen LogP contribution is 2.24. The van der Waals surface area contributed by atoms with Crippen LogP contribution in [-0.2, 0) is 17.0 Å². The third-order valence-corrected chi connectivity index (χ3v) is 6.32. The highest BCUT2D eigenvalue weighted by atomic mass is 32.2. The molecule has 0 aliphatic heterocycles. The number of benzene rings is 1. The molecule has 0 saturated heterocycles. The zero-order valence-corrected chi connectivity index (χ0v) is 18.8. The lowest BCUT2D eigenvalue weighted by molar-refractivity contribution is 0.0601. The zero-order chi connectivity index (χ0) is 22.9. The SMILES string of the molecule is COC(=O)c1ccc2c(=O)n(Cc3ccco3)c(SCc3cn4cccc(C)c4n3)nc2c1. The van der Waals surface area contributed by atoms with Crippen LogP contribution in [0.25, 0.3) is 16.6 Å². The number of aryl methyl sites for hydroxylation is 1. The van der Waals surface area contributed by atoms with Crippen molar-refractivity contribution in [2.75, 3.05) is 7.11 Å². The largest absolute Gasteiger partial charge is 0.467 e. The van der Waals surface area contributed by atoms with Gasteiger partial charge in [-0.2, -0.15) is 0 Å². The molecule has 0 N–H and O–H groups in total. The summed E-state index contributed by atoms with van der Waals surface area (Å²) in [4.78, 5) is 34.8. The van der Waals surface area contributed by atoms with Gasteiger partial charge in [-0.25, -0.2) is 14.8 Å². The molecule has 1 aromatic carbocycles. The molecule has 0 saturated carbocycles. The van der Waals surface area contributed by atoms with Crippen LogP contribution in [0, 0.1) is 6.92 Å². The summed E-state index contributed by atoms with van der Waals surface area (Å²) >= 11 is 1.41. The molecular formula is C24H20N4O4S. The molecule has 9 heteroatoms. The number of aromatic nitrogens is 4. The molecule has 0 fully saturated rings. The molecule has 8 nitrogen and oxygen atoms in total. The Labute approximate surface area is 192 Å². The van der Waals surface area contributed by atoms with Gasteiger partial charge in [0.2, 0.25) is 0 Å². The average molecular weight is 461 g/mol. The number of hydrogen-bond donors (Lipinski definition) is 0. The fourth-order valence-corrected chi connectivity index (χ4v) is 4.55. The van der Waals surface area contributed by atoms with Gasteiger partial charge in [-0.05, 0) is 48.9 Å². The van der Waals surface area contributed by atoms with Crippen molar-refractivity contribution in [2.24, 2.45) is 0 Å². The number of fused-ring (bicyclic) bond motifs is 2. The van der Waals surface area contributed by atoms with Crippen molar-refractivity contribution >= 4 is 34.3 Å². The Kier molecular flexibility index (Phi) is 5.47. The molecule has 0 amide bonds. The topological polar surface area (TPSA) is 91.6 Å². The van der Waals surface area contributed by atoms with E-state index in [0.717, 1.165) is 16.9 Å². The van der Waals surface area contributed by atoms with E-state index in [1.54, 1.807) is 35.1 Å². The monoisotopic (exact) mass is 460 g/mol. The quantitative estimate of drug-likeness (QED) is 0.214. The average Bonchev–Trinajstić information content (AvgIpc) is 3.49. The van der Waals surface area contributed by atoms with Gasteiger partial charge >= 0.3 is 5.97 Å². The number of furan rings is 1. The Morgan fingerprint density at radius 2 is 2.06 bits per heavy atom. The first-order chi connectivity index (χ1) is 16.0. The zero-order valence-electron chi connectivity index (χ0n) is 18.0. The van der Waals surface area contributed by atoms with Crippen LogP contribution >= 0.6 is 11.8 Å². The minimum absolute atomic E-state index is 0.207. The van der Waals surface area contributed by atoms with Crippen LogP contribution in [-0.4, -0.2) is 32.0 Å². The molecule has 0 aliphatic rings. The first-order valence-corrected chi connectivity index (χ1v) is 11.2. The van der Waals surface area contributed by atoms with Crippen molar-refractivity contribution in [1.29, 1.82) is 0 Å². The number of esters is 1. The predicted octanol–water partition coefficient (Wildman–Crippen LogP) is 4.07. The summed E-state index contributed by atoms with van der Waals surface area (Å²) in [5.41, 5.74) is 3.43. The first-order valence-electron chi connectivity index (χ1n) is 10.2. The number of carbonyl (C=O) groups is 1. The summed E-state index contributed by atoms with van der Waals surface area (Å²) in [5.74, 6) is 0.691. The van der Waals surface area contributed by atoms with E-state index < -0.39 is 5.97 Å². The molecule has 0 spiro atoms. The van der Waals surface area contributed by atoms with Gasteiger partial charge in [0.25, 0.3) is 5.56 Å². The van der Waals surface area contributed by atoms with Crippen LogP contribution in [0.1, 0.15) is 27.4 Å². The van der Waals surface area contributed by atoms with Gasteiger partial charge in [0, 0.05) is 18.1 Å². The van der Waals surface area contributed by atoms with Crippen molar-refractivity contribution in [3.63, 3.8) is 0 Å². The minimum atomic E-state index is -0.479. The fourth-order valence-electron chi connectivity index (χ4n) is 3.67. The number of rotatable bonds is 6. The van der Waals surface area contributed by atoms with Gasteiger partial charge in [-0.3, -0.25) is 9.36 Å². The number of ether oxygens (including phenoxy) is 1. The second-order valence-corrected chi connectivity index (χ2v) is 8.47. The maximum Gasteiger partial charge on any atom is 0.337 e. The number of methoxy groups -OCH3 is 1. The van der Waals surface area contributed by atoms with E-state index in [1.807, 2.05) is 41.9 Å². The van der Waals surface area contributed by atoms with Crippen LogP contribution in [0.2, 0.25) is 0 Å². The maximum absolute atomic E-state index is 13.4. The van der Waals surface area contributed by atoms with Gasteiger partial charge in [-0.1, -0.05) is 17.8 Å². The smallest absolute Gasteiger partial charge is 0.337 e. The van der Waals surface area contributed by atoms with Gasteiger partial charge in [0.1, 0.15) is 11.4 Å². The Hall–Kier alpha value is -3.85. The van der Waals surface area contributed by atoms with Crippen molar-refractivity contribution < 1.29 is 13.9 Å². The highest BCUT2D eigenvalue weighted by molar-refractivity contribution is 7.98. The number of hydrogen-bond acceptors (Lipinski definition) is 7. The van der Waals surface area contributed by atoms with Crippen LogP contribution in [0.3, 0.4) is 0 Å². The summed E-state index contributed by atoms with van der Waals surface area (Å²) in [5, 5.41) is 0.932. The molecule has 0 unspecified atom stereocenters. The van der Waals surface area contributed by atoms with Gasteiger partial charge < -0.3 is 13.6 Å². The lowest BCUT2D eigenvalue weighted by atomic mass is 10.1. The fraction of sp³-hybridized carbons (Fsp3) is 0.167. The molecule has 0 radical (unpaired) electrons. The lowest BCUT2D eigenvalue weighted by Gasteiger charge is -2.12. The van der Waals surface area contributed by atoms with E-state index in [0.29, 0.717) is 33.1 Å². The number of thioether (sulfide) groups is 1. The van der Waals surface area contributed by atoms with Crippen molar-refractivity contribution in [1.82, 2.24) is 18.9 Å². The van der Waals surface area contributed by atoms with Crippen LogP contribution in [0.15, 0.2) is 75.5 Å². The van der Waals surface area contributed by atoms with E-state index in [2.05, 4.69) is 0 Å². The Bertz CT molecular complexity index is 1540. The van der Waals surface area contributed by atoms with Gasteiger partial charge in [0.05, 0.1) is 42.1 Å². The van der Waals surface area contributed by atoms with E-state index >= 15 is 0 Å². The molecule has 0 atom stereocenters. The minimum Gasteiger partial charge on any atom is -0.467 e. The molecule has 5 rings (SSSR count). The Balaban J connectivity index is 1.56. The summed E-state index contributed by atoms with van der Waals surface area (Å²) in [6.07, 6.45) is 5.50. The van der Waals surface area contributed by atoms with Crippen molar-refractivity contribution in [2.45, 2.75) is 24.4 Å². The summed E-state index contributed by atoms with van der Waals surface area (Å²) in [7, 11) is 1.32. The molecule has 166 valence electrons. The van der Waals surface area contributed by atoms with Gasteiger partial charge in [0.15, 0.2) is 5.16 Å². The second kappa shape index (κ2) is 8.59. The van der Waals surface area contributed by atoms with Crippen LogP contribution in [0.4, 0.5) is 0 Å². The van der Waals surface area contributed by atoms with Gasteiger partial charge in [-0.15, -0.1) is 0 Å². The Morgan fingerprint density at radius 1 is 1.18 bits per heavy atom. The number of nitrogens with zero attached hydrogens (tertiary/aromatic N) is 4. The summed E-state index contributed by atoms with van der Waals surface area (Å²) in [6, 6.07) is 12.3. The lowest BCUT2D eigenvalue weighted by Crippen LogP contribution is -2.24. The summed E-state index contributed by atoms with van der Waals surface area (Å²) in [6.45, 7) is 2.27. The van der Waals surface area contributed by atoms with E-state index in [-0.39, 0.29) is 12.1 Å². The van der Waals surface area contributed by atoms with Crippen LogP contribution < -0.4 is 5.56 Å². The second-order valence-electron chi connectivity index (χ2n) is 7.53. The molecule has 0 bridgehead atoms. The molecule has 0 aliphatic carbocycles. The van der Waals surface area contributed by atoms with E-state index in [1.165, 1.54) is 18.9 Å². The number of imidazole rings is 1. The molecule has 5 aromatic rings. The Morgan fingerprint density at radius 3 is 2.82 bits per heavy atom. The summed E-state index contributed by atoms with van der Waals surface area (Å²) < 4.78 is 13.8. The third kappa shape index (κ3) is 4.03. The first kappa shape index (κ1) is 21.0. The normalized spacial score (nSPS) is 11.3. The third-order valence-electron chi connectivity index (χ3n) is 5.31. The standard InChI is InChI=1S/C24H20N4O4S/c1-15-5-3-9-27-12-17(25-21(15)27)14-33-24-26-20-11-16(23(30)31-2)7-8-19(20)22(29)28(24)13-18-6-4-10-32-18/h3-12H,13-14H2,1-2H3. The van der Waals surface area contributed by atoms with Crippen LogP contribution in [0.5, 0.6) is 0 Å².